The second-order valence-corrected chi connectivity index (χ2v) is 12.9. The standard InChI is InChI=1S/C39H36N6O2/c1-22-28(5-3-7-30(22)36-17-26-16-32-31(9-10-34(32)41)33(18-40)38(26)47-36)29-6-4-8-35(23(29)2)44-39-37-25(11-13-42-39)15-24(19-43-37)20-45-14-12-27(46)21-45/h3-8,11,13,15-17,19,27,34,46H,9-10,12,14,20-21,41H2,1-2H3,(H,42,44)/t27-,34+/m1/s1. The van der Waals surface area contributed by atoms with Gasteiger partial charge in [0.2, 0.25) is 0 Å². The molecule has 2 aliphatic rings. The number of hydrogen-bond acceptors (Lipinski definition) is 8. The number of nitrogens with two attached hydrogens (primary N) is 1. The Balaban J connectivity index is 1.12. The van der Waals surface area contributed by atoms with E-state index in [4.69, 9.17) is 15.1 Å². The van der Waals surface area contributed by atoms with Gasteiger partial charge in [-0.15, -0.1) is 0 Å². The van der Waals surface area contributed by atoms with Crippen LogP contribution in [0.3, 0.4) is 0 Å². The molecule has 0 radical (unpaired) electrons. The molecule has 0 unspecified atom stereocenters. The lowest BCUT2D eigenvalue weighted by atomic mass is 9.92. The average Bonchev–Trinajstić information content (AvgIpc) is 3.79. The van der Waals surface area contributed by atoms with Crippen LogP contribution in [0.1, 0.15) is 52.3 Å². The monoisotopic (exact) mass is 620 g/mol. The number of β-amino-alcohol motifs (C(OH)–C–C–N with tert-alkyl or cyclic N) is 1. The SMILES string of the molecule is Cc1c(Nc2nccc3cc(CN4CC[C@@H](O)C4)cnc23)cccc1-c1cccc(-c2cc3cc4c(c(C#N)c3o2)CC[C@@H]4N)c1C. The predicted molar refractivity (Wildman–Crippen MR) is 185 cm³/mol. The zero-order chi connectivity index (χ0) is 32.2. The Morgan fingerprint density at radius 1 is 1.00 bits per heavy atom. The van der Waals surface area contributed by atoms with Crippen LogP contribution in [0.25, 0.3) is 44.3 Å². The number of anilines is 2. The third kappa shape index (κ3) is 5.13. The molecule has 1 aliphatic heterocycles. The maximum atomic E-state index is 10.0. The second-order valence-electron chi connectivity index (χ2n) is 12.9. The van der Waals surface area contributed by atoms with Gasteiger partial charge in [0.25, 0.3) is 0 Å². The Hall–Kier alpha value is -5.07. The van der Waals surface area contributed by atoms with E-state index in [0.29, 0.717) is 23.5 Å². The number of nitrogens with zero attached hydrogens (tertiary/aromatic N) is 4. The Morgan fingerprint density at radius 2 is 1.81 bits per heavy atom. The molecule has 1 saturated heterocycles. The molecule has 0 amide bonds. The van der Waals surface area contributed by atoms with E-state index in [-0.39, 0.29) is 12.1 Å². The van der Waals surface area contributed by atoms with Gasteiger partial charge in [-0.1, -0.05) is 30.3 Å². The largest absolute Gasteiger partial charge is 0.455 e. The summed E-state index contributed by atoms with van der Waals surface area (Å²) in [5, 5.41) is 25.4. The molecule has 47 heavy (non-hydrogen) atoms. The molecule has 234 valence electrons. The third-order valence-electron chi connectivity index (χ3n) is 9.95. The third-order valence-corrected chi connectivity index (χ3v) is 9.95. The number of furan rings is 1. The van der Waals surface area contributed by atoms with Gasteiger partial charge in [-0.2, -0.15) is 5.26 Å². The first kappa shape index (κ1) is 29.3. The van der Waals surface area contributed by atoms with Crippen molar-refractivity contribution < 1.29 is 9.52 Å². The van der Waals surface area contributed by atoms with Crippen LogP contribution in [0.2, 0.25) is 0 Å². The minimum Gasteiger partial charge on any atom is -0.455 e. The molecular weight excluding hydrogens is 584 g/mol. The minimum absolute atomic E-state index is 0.0401. The van der Waals surface area contributed by atoms with Gasteiger partial charge in [-0.3, -0.25) is 9.88 Å². The number of likely N-dealkylation sites (tertiary alicyclic amines) is 1. The molecule has 1 aliphatic carbocycles. The summed E-state index contributed by atoms with van der Waals surface area (Å²) in [6.45, 7) is 6.62. The fourth-order valence-corrected chi connectivity index (χ4v) is 7.43. The number of aliphatic hydroxyl groups is 1. The van der Waals surface area contributed by atoms with Crippen LogP contribution < -0.4 is 11.1 Å². The fraction of sp³-hybridized carbons (Fsp3) is 0.256. The zero-order valence-electron chi connectivity index (χ0n) is 26.5. The number of benzene rings is 3. The summed E-state index contributed by atoms with van der Waals surface area (Å²) < 4.78 is 6.43. The highest BCUT2D eigenvalue weighted by atomic mass is 16.3. The summed E-state index contributed by atoms with van der Waals surface area (Å²) in [6.07, 6.45) is 5.98. The van der Waals surface area contributed by atoms with Gasteiger partial charge in [0, 0.05) is 60.1 Å². The molecule has 1 fully saturated rings. The van der Waals surface area contributed by atoms with E-state index in [1.165, 1.54) is 0 Å². The van der Waals surface area contributed by atoms with Gasteiger partial charge in [0.15, 0.2) is 11.4 Å². The molecule has 8 heteroatoms. The van der Waals surface area contributed by atoms with E-state index in [1.54, 1.807) is 0 Å². The lowest BCUT2D eigenvalue weighted by Gasteiger charge is -2.17. The van der Waals surface area contributed by atoms with Crippen molar-refractivity contribution in [3.05, 3.63) is 106 Å². The zero-order valence-corrected chi connectivity index (χ0v) is 26.5. The summed E-state index contributed by atoms with van der Waals surface area (Å²) in [7, 11) is 0. The average molecular weight is 621 g/mol. The van der Waals surface area contributed by atoms with Crippen molar-refractivity contribution >= 4 is 33.4 Å². The molecular formula is C39H36N6O2. The second kappa shape index (κ2) is 11.6. The van der Waals surface area contributed by atoms with Crippen LogP contribution in [0.5, 0.6) is 0 Å². The molecule has 2 atom stereocenters. The smallest absolute Gasteiger partial charge is 0.156 e. The van der Waals surface area contributed by atoms with Gasteiger partial charge in [0.1, 0.15) is 17.3 Å². The first-order valence-corrected chi connectivity index (χ1v) is 16.2. The van der Waals surface area contributed by atoms with E-state index in [0.717, 1.165) is 105 Å². The summed E-state index contributed by atoms with van der Waals surface area (Å²) in [5.41, 5.74) is 18.0. The normalized spacial score (nSPS) is 17.8. The molecule has 4 heterocycles. The molecule has 3 aromatic heterocycles. The van der Waals surface area contributed by atoms with Crippen LogP contribution in [0, 0.1) is 25.2 Å². The summed E-state index contributed by atoms with van der Waals surface area (Å²) in [5.74, 6) is 1.45. The molecule has 0 saturated carbocycles. The van der Waals surface area contributed by atoms with Crippen molar-refractivity contribution in [2.45, 2.75) is 51.8 Å². The van der Waals surface area contributed by atoms with Crippen molar-refractivity contribution in [3.63, 3.8) is 0 Å². The molecule has 3 aromatic carbocycles. The van der Waals surface area contributed by atoms with Crippen LogP contribution in [0.4, 0.5) is 11.5 Å². The van der Waals surface area contributed by atoms with Crippen molar-refractivity contribution in [3.8, 4) is 28.5 Å². The van der Waals surface area contributed by atoms with Crippen LogP contribution in [0.15, 0.2) is 77.5 Å². The van der Waals surface area contributed by atoms with Gasteiger partial charge in [-0.05, 0) is 102 Å². The van der Waals surface area contributed by atoms with Gasteiger partial charge >= 0.3 is 0 Å². The lowest BCUT2D eigenvalue weighted by molar-refractivity contribution is 0.175. The Bertz CT molecular complexity index is 2230. The number of aromatic nitrogens is 2. The van der Waals surface area contributed by atoms with Crippen LogP contribution in [-0.4, -0.2) is 39.2 Å². The molecule has 0 spiro atoms. The number of nitrogens with one attached hydrogen (secondary N) is 1. The summed E-state index contributed by atoms with van der Waals surface area (Å²) >= 11 is 0. The highest BCUT2D eigenvalue weighted by molar-refractivity contribution is 5.93. The quantitative estimate of drug-likeness (QED) is 0.175. The molecule has 8 nitrogen and oxygen atoms in total. The van der Waals surface area contributed by atoms with Crippen LogP contribution >= 0.6 is 0 Å². The van der Waals surface area contributed by atoms with E-state index in [9.17, 15) is 10.4 Å². The van der Waals surface area contributed by atoms with E-state index in [2.05, 4.69) is 83.6 Å². The molecule has 0 bridgehead atoms. The van der Waals surface area contributed by atoms with Crippen molar-refractivity contribution in [2.24, 2.45) is 5.73 Å². The first-order chi connectivity index (χ1) is 22.9. The van der Waals surface area contributed by atoms with Crippen molar-refractivity contribution in [1.82, 2.24) is 14.9 Å². The van der Waals surface area contributed by atoms with Crippen molar-refractivity contribution in [2.75, 3.05) is 18.4 Å². The molecule has 4 N–H and O–H groups in total. The van der Waals surface area contributed by atoms with Gasteiger partial charge in [-0.25, -0.2) is 4.98 Å². The van der Waals surface area contributed by atoms with E-state index >= 15 is 0 Å². The number of nitriles is 1. The lowest BCUT2D eigenvalue weighted by Crippen LogP contribution is -2.21. The number of fused-ring (bicyclic) bond motifs is 3. The van der Waals surface area contributed by atoms with E-state index in [1.807, 2.05) is 24.5 Å². The van der Waals surface area contributed by atoms with Crippen molar-refractivity contribution in [1.29, 1.82) is 5.26 Å². The maximum absolute atomic E-state index is 10.0. The maximum Gasteiger partial charge on any atom is 0.156 e. The van der Waals surface area contributed by atoms with Gasteiger partial charge < -0.3 is 20.6 Å². The predicted octanol–water partition coefficient (Wildman–Crippen LogP) is 7.45. The number of aliphatic hydroxyl groups excluding tert-OH is 1. The number of hydrogen-bond donors (Lipinski definition) is 3. The fourth-order valence-electron chi connectivity index (χ4n) is 7.43. The molecule has 8 rings (SSSR count). The highest BCUT2D eigenvalue weighted by Crippen LogP contribution is 2.41. The minimum atomic E-state index is -0.239. The first-order valence-electron chi connectivity index (χ1n) is 16.2. The van der Waals surface area contributed by atoms with E-state index < -0.39 is 0 Å². The Kier molecular flexibility index (Phi) is 7.26. The summed E-state index contributed by atoms with van der Waals surface area (Å²) in [6, 6.07) is 23.2. The Morgan fingerprint density at radius 3 is 2.62 bits per heavy atom. The molecule has 6 aromatic rings. The number of pyridine rings is 2. The van der Waals surface area contributed by atoms with Gasteiger partial charge in [0.05, 0.1) is 11.7 Å². The number of rotatable bonds is 6. The highest BCUT2D eigenvalue weighted by Gasteiger charge is 2.26. The summed E-state index contributed by atoms with van der Waals surface area (Å²) in [4.78, 5) is 11.7. The van der Waals surface area contributed by atoms with Crippen LogP contribution in [-0.2, 0) is 13.0 Å². The topological polar surface area (TPSA) is 124 Å². The Labute approximate surface area is 273 Å².